The van der Waals surface area contributed by atoms with Crippen LogP contribution in [0.2, 0.25) is 0 Å². The third-order valence-corrected chi connectivity index (χ3v) is 4.13. The van der Waals surface area contributed by atoms with E-state index in [1.165, 1.54) is 24.0 Å². The quantitative estimate of drug-likeness (QED) is 0.627. The van der Waals surface area contributed by atoms with Crippen molar-refractivity contribution in [3.05, 3.63) is 47.5 Å². The zero-order valence-electron chi connectivity index (χ0n) is 13.0. The Kier molecular flexibility index (Phi) is 5.00. The molecule has 2 rings (SSSR count). The van der Waals surface area contributed by atoms with Crippen molar-refractivity contribution in [2.24, 2.45) is 5.41 Å². The largest absolute Gasteiger partial charge is 0.376 e. The molecule has 0 spiro atoms. The zero-order valence-corrected chi connectivity index (χ0v) is 13.0. The van der Waals surface area contributed by atoms with Crippen LogP contribution in [0.1, 0.15) is 44.4 Å². The minimum absolute atomic E-state index is 0.294. The Labute approximate surface area is 123 Å². The van der Waals surface area contributed by atoms with Crippen LogP contribution in [0.5, 0.6) is 0 Å². The van der Waals surface area contributed by atoms with Gasteiger partial charge in [0.25, 0.3) is 0 Å². The summed E-state index contributed by atoms with van der Waals surface area (Å²) in [5, 5.41) is 3.69. The summed E-state index contributed by atoms with van der Waals surface area (Å²) < 4.78 is 5.58. The van der Waals surface area contributed by atoms with Crippen LogP contribution in [0.4, 0.5) is 0 Å². The maximum absolute atomic E-state index is 5.58. The summed E-state index contributed by atoms with van der Waals surface area (Å²) in [5.41, 5.74) is 4.33. The van der Waals surface area contributed by atoms with E-state index in [1.807, 2.05) is 6.92 Å². The van der Waals surface area contributed by atoms with Gasteiger partial charge in [-0.2, -0.15) is 0 Å². The molecule has 1 aliphatic carbocycles. The molecule has 1 aliphatic rings. The van der Waals surface area contributed by atoms with Crippen molar-refractivity contribution < 1.29 is 4.74 Å². The molecular weight excluding hydrogens is 246 g/mol. The Hall–Kier alpha value is -1.12. The molecule has 1 aromatic carbocycles. The highest BCUT2D eigenvalue weighted by atomic mass is 16.5. The van der Waals surface area contributed by atoms with E-state index in [0.717, 1.165) is 18.7 Å². The molecule has 0 saturated heterocycles. The summed E-state index contributed by atoms with van der Waals surface area (Å²) in [6.45, 7) is 12.8. The average molecular weight is 273 g/mol. The number of nitrogens with one attached hydrogen (secondary N) is 1. The van der Waals surface area contributed by atoms with Crippen LogP contribution in [-0.4, -0.2) is 19.8 Å². The van der Waals surface area contributed by atoms with Gasteiger partial charge in [0, 0.05) is 12.6 Å². The van der Waals surface area contributed by atoms with Gasteiger partial charge < -0.3 is 10.1 Å². The molecule has 0 aliphatic heterocycles. The summed E-state index contributed by atoms with van der Waals surface area (Å²) in [5.74, 6) is 0. The van der Waals surface area contributed by atoms with E-state index in [1.54, 1.807) is 0 Å². The van der Waals surface area contributed by atoms with Gasteiger partial charge in [0.15, 0.2) is 0 Å². The van der Waals surface area contributed by atoms with Crippen LogP contribution >= 0.6 is 0 Å². The number of ether oxygens (including phenoxy) is 1. The van der Waals surface area contributed by atoms with Crippen LogP contribution in [0.3, 0.4) is 0 Å². The molecule has 0 fully saturated rings. The molecule has 0 bridgehead atoms. The van der Waals surface area contributed by atoms with Crippen LogP contribution in [0.25, 0.3) is 0 Å². The predicted octanol–water partition coefficient (Wildman–Crippen LogP) is 3.88. The number of aryl methyl sites for hydroxylation is 1. The Bertz CT molecular complexity index is 464. The van der Waals surface area contributed by atoms with Gasteiger partial charge in [-0.1, -0.05) is 50.3 Å². The maximum atomic E-state index is 5.58. The first-order chi connectivity index (χ1) is 9.50. The van der Waals surface area contributed by atoms with E-state index < -0.39 is 0 Å². The lowest BCUT2D eigenvalue weighted by molar-refractivity contribution is 0.140. The average Bonchev–Trinajstić information content (AvgIpc) is 2.40. The van der Waals surface area contributed by atoms with Crippen LogP contribution in [0.15, 0.2) is 36.4 Å². The van der Waals surface area contributed by atoms with Gasteiger partial charge in [0.2, 0.25) is 0 Å². The molecule has 2 heteroatoms. The number of fused-ring (bicyclic) bond motifs is 1. The SMILES string of the molecule is C=C(C)COCCNC1c2ccccc2CCC1(C)C. The maximum Gasteiger partial charge on any atom is 0.0672 e. The van der Waals surface area contributed by atoms with Gasteiger partial charge >= 0.3 is 0 Å². The van der Waals surface area contributed by atoms with E-state index in [2.05, 4.69) is 50.0 Å². The summed E-state index contributed by atoms with van der Waals surface area (Å²) >= 11 is 0. The highest BCUT2D eigenvalue weighted by Crippen LogP contribution is 2.43. The topological polar surface area (TPSA) is 21.3 Å². The lowest BCUT2D eigenvalue weighted by Crippen LogP contribution is -2.39. The van der Waals surface area contributed by atoms with Crippen LogP contribution in [-0.2, 0) is 11.2 Å². The second-order valence-corrected chi connectivity index (χ2v) is 6.58. The lowest BCUT2D eigenvalue weighted by Gasteiger charge is -2.40. The van der Waals surface area contributed by atoms with Gasteiger partial charge in [0.1, 0.15) is 0 Å². The van der Waals surface area contributed by atoms with Crippen molar-refractivity contribution in [1.29, 1.82) is 0 Å². The minimum Gasteiger partial charge on any atom is -0.376 e. The smallest absolute Gasteiger partial charge is 0.0672 e. The molecule has 0 heterocycles. The fourth-order valence-electron chi connectivity index (χ4n) is 2.97. The van der Waals surface area contributed by atoms with E-state index in [4.69, 9.17) is 4.74 Å². The molecule has 20 heavy (non-hydrogen) atoms. The predicted molar refractivity (Wildman–Crippen MR) is 84.9 cm³/mol. The molecule has 1 aromatic rings. The highest BCUT2D eigenvalue weighted by Gasteiger charge is 2.35. The lowest BCUT2D eigenvalue weighted by atomic mass is 9.70. The minimum atomic E-state index is 0.294. The third kappa shape index (κ3) is 3.71. The van der Waals surface area contributed by atoms with Crippen molar-refractivity contribution in [2.45, 2.75) is 39.7 Å². The van der Waals surface area contributed by atoms with Crippen molar-refractivity contribution in [2.75, 3.05) is 19.8 Å². The highest BCUT2D eigenvalue weighted by molar-refractivity contribution is 5.34. The van der Waals surface area contributed by atoms with Gasteiger partial charge in [0.05, 0.1) is 13.2 Å². The number of hydrogen-bond acceptors (Lipinski definition) is 2. The summed E-state index contributed by atoms with van der Waals surface area (Å²) in [7, 11) is 0. The summed E-state index contributed by atoms with van der Waals surface area (Å²) in [6, 6.07) is 9.23. The molecular formula is C18H27NO. The molecule has 0 amide bonds. The molecule has 0 radical (unpaired) electrons. The van der Waals surface area contributed by atoms with Crippen molar-refractivity contribution in [3.63, 3.8) is 0 Å². The van der Waals surface area contributed by atoms with Crippen molar-refractivity contribution in [1.82, 2.24) is 5.32 Å². The first-order valence-electron chi connectivity index (χ1n) is 7.54. The standard InChI is InChI=1S/C18H27NO/c1-14(2)13-20-12-11-19-17-16-8-6-5-7-15(16)9-10-18(17,3)4/h5-8,17,19H,1,9-13H2,2-4H3. The summed E-state index contributed by atoms with van der Waals surface area (Å²) in [4.78, 5) is 0. The fraction of sp³-hybridized carbons (Fsp3) is 0.556. The second kappa shape index (κ2) is 6.55. The molecule has 2 nitrogen and oxygen atoms in total. The van der Waals surface area contributed by atoms with Gasteiger partial charge in [-0.05, 0) is 36.3 Å². The van der Waals surface area contributed by atoms with Crippen LogP contribution < -0.4 is 5.32 Å². The summed E-state index contributed by atoms with van der Waals surface area (Å²) in [6.07, 6.45) is 2.42. The van der Waals surface area contributed by atoms with E-state index in [-0.39, 0.29) is 0 Å². The Morgan fingerprint density at radius 2 is 2.15 bits per heavy atom. The molecule has 0 saturated carbocycles. The van der Waals surface area contributed by atoms with E-state index >= 15 is 0 Å². The molecule has 1 atom stereocenters. The molecule has 0 aromatic heterocycles. The first kappa shape index (κ1) is 15.3. The Morgan fingerprint density at radius 3 is 2.90 bits per heavy atom. The van der Waals surface area contributed by atoms with Gasteiger partial charge in [-0.15, -0.1) is 0 Å². The Morgan fingerprint density at radius 1 is 1.40 bits per heavy atom. The molecule has 110 valence electrons. The normalized spacial score (nSPS) is 20.4. The monoisotopic (exact) mass is 273 g/mol. The van der Waals surface area contributed by atoms with Gasteiger partial charge in [-0.3, -0.25) is 0 Å². The molecule has 1 N–H and O–H groups in total. The van der Waals surface area contributed by atoms with Gasteiger partial charge in [-0.25, -0.2) is 0 Å². The zero-order chi connectivity index (χ0) is 14.6. The Balaban J connectivity index is 1.96. The van der Waals surface area contributed by atoms with Crippen molar-refractivity contribution in [3.8, 4) is 0 Å². The molecule has 1 unspecified atom stereocenters. The van der Waals surface area contributed by atoms with E-state index in [0.29, 0.717) is 18.1 Å². The number of rotatable bonds is 6. The van der Waals surface area contributed by atoms with E-state index in [9.17, 15) is 0 Å². The second-order valence-electron chi connectivity index (χ2n) is 6.58. The number of hydrogen-bond donors (Lipinski definition) is 1. The third-order valence-electron chi connectivity index (χ3n) is 4.13. The first-order valence-corrected chi connectivity index (χ1v) is 7.54. The fourth-order valence-corrected chi connectivity index (χ4v) is 2.97. The van der Waals surface area contributed by atoms with Crippen molar-refractivity contribution >= 4 is 0 Å². The number of benzene rings is 1. The van der Waals surface area contributed by atoms with Crippen LogP contribution in [0, 0.1) is 5.41 Å².